The fourth-order valence-electron chi connectivity index (χ4n) is 9.92. The molecule has 0 saturated heterocycles. The second-order valence-electron chi connectivity index (χ2n) is 24.5. The number of likely N-dealkylation sites (N-methyl/N-ethyl adjacent to an activating group) is 1. The van der Waals surface area contributed by atoms with Crippen LogP contribution in [0.25, 0.3) is 0 Å². The summed E-state index contributed by atoms with van der Waals surface area (Å²) in [5.41, 5.74) is 0. The fraction of sp³-hybridized carbons (Fsp3) is 0.806. The van der Waals surface area contributed by atoms with Gasteiger partial charge in [0.05, 0.1) is 27.7 Å². The van der Waals surface area contributed by atoms with Crippen molar-refractivity contribution in [1.82, 2.24) is 0 Å². The van der Waals surface area contributed by atoms with Gasteiger partial charge in [-0.1, -0.05) is 299 Å². The van der Waals surface area contributed by atoms with E-state index in [1.54, 1.807) is 0 Å². The first-order chi connectivity index (χ1) is 40.0. The Balaban J connectivity index is 4.03. The number of carbonyl (C=O) groups is 2. The van der Waals surface area contributed by atoms with Crippen LogP contribution in [0.1, 0.15) is 322 Å². The van der Waals surface area contributed by atoms with Crippen molar-refractivity contribution in [1.29, 1.82) is 0 Å². The smallest absolute Gasteiger partial charge is 0.306 e. The topological polar surface area (TPSA) is 111 Å². The number of ether oxygens (including phenoxy) is 2. The second kappa shape index (κ2) is 63.0. The van der Waals surface area contributed by atoms with E-state index in [0.29, 0.717) is 17.4 Å². The molecule has 0 bridgehead atoms. The van der Waals surface area contributed by atoms with Gasteiger partial charge in [-0.2, -0.15) is 0 Å². The van der Waals surface area contributed by atoms with Crippen molar-refractivity contribution in [2.45, 2.75) is 328 Å². The molecule has 0 spiro atoms. The van der Waals surface area contributed by atoms with E-state index in [9.17, 15) is 19.0 Å². The molecule has 0 heterocycles. The summed E-state index contributed by atoms with van der Waals surface area (Å²) in [6.45, 7) is 4.17. The normalized spacial score (nSPS) is 13.6. The lowest BCUT2D eigenvalue weighted by molar-refractivity contribution is -0.870. The zero-order chi connectivity index (χ0) is 59.8. The molecule has 0 fully saturated rings. The first-order valence-corrected chi connectivity index (χ1v) is 36.1. The van der Waals surface area contributed by atoms with Gasteiger partial charge in [-0.15, -0.1) is 0 Å². The SMILES string of the molecule is CC/C=C\C/C=C\C/C=C\C/C=C\C/C=C\CCCCCCCCCCCCCC(=O)OC(COC(=O)CCCCCCCCCCCCCCCCCCCCC/C=C\CCCCCCCCCC)COP(=O)([O-])OCC[N+](C)(C)C. The first kappa shape index (κ1) is 79.5. The van der Waals surface area contributed by atoms with Crippen LogP contribution in [-0.4, -0.2) is 70.0 Å². The Labute approximate surface area is 508 Å². The summed E-state index contributed by atoms with van der Waals surface area (Å²) in [7, 11) is 1.17. The first-order valence-electron chi connectivity index (χ1n) is 34.6. The van der Waals surface area contributed by atoms with Crippen LogP contribution in [0.2, 0.25) is 0 Å². The highest BCUT2D eigenvalue weighted by Gasteiger charge is 2.22. The highest BCUT2D eigenvalue weighted by Crippen LogP contribution is 2.38. The Bertz CT molecular complexity index is 1610. The lowest BCUT2D eigenvalue weighted by Crippen LogP contribution is -2.37. The maximum atomic E-state index is 12.9. The van der Waals surface area contributed by atoms with E-state index in [2.05, 4.69) is 86.8 Å². The zero-order valence-electron chi connectivity index (χ0n) is 54.4. The van der Waals surface area contributed by atoms with Gasteiger partial charge in [-0.3, -0.25) is 14.2 Å². The van der Waals surface area contributed by atoms with Crippen LogP contribution >= 0.6 is 7.82 Å². The van der Waals surface area contributed by atoms with Crippen molar-refractivity contribution in [3.63, 3.8) is 0 Å². The molecule has 0 rings (SSSR count). The molecule has 0 N–H and O–H groups in total. The van der Waals surface area contributed by atoms with Gasteiger partial charge in [0, 0.05) is 12.8 Å². The number of carbonyl (C=O) groups excluding carboxylic acids is 2. The summed E-state index contributed by atoms with van der Waals surface area (Å²) in [4.78, 5) is 38.1. The van der Waals surface area contributed by atoms with Crippen molar-refractivity contribution in [3.8, 4) is 0 Å². The number of allylic oxidation sites excluding steroid dienone is 12. The Hall–Kier alpha value is -2.55. The molecule has 10 heteroatoms. The maximum absolute atomic E-state index is 12.9. The Kier molecular flexibility index (Phi) is 61.0. The van der Waals surface area contributed by atoms with Crippen LogP contribution in [0, 0.1) is 0 Å². The summed E-state index contributed by atoms with van der Waals surface area (Å²) in [6.07, 6.45) is 84.1. The van der Waals surface area contributed by atoms with E-state index >= 15 is 0 Å². The number of hydrogen-bond acceptors (Lipinski definition) is 8. The third kappa shape index (κ3) is 66.6. The van der Waals surface area contributed by atoms with E-state index in [4.69, 9.17) is 18.5 Å². The molecule has 0 aromatic carbocycles. The van der Waals surface area contributed by atoms with E-state index in [-0.39, 0.29) is 32.0 Å². The quantitative estimate of drug-likeness (QED) is 0.0195. The van der Waals surface area contributed by atoms with Crippen molar-refractivity contribution >= 4 is 19.8 Å². The van der Waals surface area contributed by atoms with Gasteiger partial charge >= 0.3 is 11.9 Å². The van der Waals surface area contributed by atoms with E-state index < -0.39 is 26.5 Å². The third-order valence-electron chi connectivity index (χ3n) is 15.2. The molecule has 0 aromatic rings. The molecular weight excluding hydrogens is 1040 g/mol. The second-order valence-corrected chi connectivity index (χ2v) is 25.9. The molecule has 2 atom stereocenters. The fourth-order valence-corrected chi connectivity index (χ4v) is 10.6. The van der Waals surface area contributed by atoms with Crippen LogP contribution < -0.4 is 4.89 Å². The van der Waals surface area contributed by atoms with Crippen LogP contribution in [0.4, 0.5) is 0 Å². The molecule has 0 aliphatic rings. The monoisotopic (exact) mass is 1170 g/mol. The molecular formula is C72H132NO8P. The Morgan fingerprint density at radius 1 is 0.390 bits per heavy atom. The number of nitrogens with zero attached hydrogens (tertiary/aromatic N) is 1. The Morgan fingerprint density at radius 2 is 0.695 bits per heavy atom. The predicted octanol–water partition coefficient (Wildman–Crippen LogP) is 21.8. The van der Waals surface area contributed by atoms with Gasteiger partial charge < -0.3 is 27.9 Å². The van der Waals surface area contributed by atoms with Gasteiger partial charge in [0.2, 0.25) is 0 Å². The largest absolute Gasteiger partial charge is 0.756 e. The Morgan fingerprint density at radius 3 is 1.05 bits per heavy atom. The number of quaternary nitrogens is 1. The van der Waals surface area contributed by atoms with E-state index in [1.165, 1.54) is 212 Å². The van der Waals surface area contributed by atoms with Crippen molar-refractivity contribution in [2.75, 3.05) is 47.5 Å². The van der Waals surface area contributed by atoms with Crippen LogP contribution in [0.3, 0.4) is 0 Å². The van der Waals surface area contributed by atoms with Crippen molar-refractivity contribution in [2.24, 2.45) is 0 Å². The summed E-state index contributed by atoms with van der Waals surface area (Å²) >= 11 is 0. The predicted molar refractivity (Wildman–Crippen MR) is 351 cm³/mol. The molecule has 9 nitrogen and oxygen atoms in total. The number of phosphoric acid groups is 1. The van der Waals surface area contributed by atoms with Gasteiger partial charge in [-0.25, -0.2) is 0 Å². The number of phosphoric ester groups is 1. The van der Waals surface area contributed by atoms with Crippen LogP contribution in [-0.2, 0) is 32.7 Å². The molecule has 2 unspecified atom stereocenters. The number of hydrogen-bond donors (Lipinski definition) is 0. The van der Waals surface area contributed by atoms with Gasteiger partial charge in [0.1, 0.15) is 19.8 Å². The van der Waals surface area contributed by atoms with Crippen molar-refractivity contribution < 1.29 is 42.1 Å². The van der Waals surface area contributed by atoms with Crippen LogP contribution in [0.5, 0.6) is 0 Å². The summed E-state index contributed by atoms with van der Waals surface area (Å²) in [5, 5.41) is 0. The number of unbranched alkanes of at least 4 members (excludes halogenated alkanes) is 38. The molecule has 82 heavy (non-hydrogen) atoms. The molecule has 0 aliphatic carbocycles. The number of rotatable bonds is 64. The minimum absolute atomic E-state index is 0.0323. The van der Waals surface area contributed by atoms with Crippen LogP contribution in [0.15, 0.2) is 72.9 Å². The molecule has 0 aromatic heterocycles. The molecule has 478 valence electrons. The lowest BCUT2D eigenvalue weighted by Gasteiger charge is -2.28. The summed E-state index contributed by atoms with van der Waals surface area (Å²) < 4.78 is 34.3. The van der Waals surface area contributed by atoms with Gasteiger partial charge in [0.25, 0.3) is 7.82 Å². The average Bonchev–Trinajstić information content (AvgIpc) is 3.46. The number of esters is 2. The average molecular weight is 1170 g/mol. The maximum Gasteiger partial charge on any atom is 0.306 e. The molecule has 0 saturated carbocycles. The zero-order valence-corrected chi connectivity index (χ0v) is 55.3. The van der Waals surface area contributed by atoms with Gasteiger partial charge in [0.15, 0.2) is 6.10 Å². The standard InChI is InChI=1S/C72H132NO8P/c1-6-8-10-12-14-16-18-20-22-24-26-28-30-32-34-35-36-37-39-40-42-44-46-48-50-52-54-56-58-60-62-64-71(74)78-68-70(69-80-82(76,77)79-67-66-73(3,4)5)81-72(75)65-63-61-59-57-55-53-51-49-47-45-43-41-38-33-31-29-27-25-23-21-19-17-15-13-11-9-7-2/h9,11,15,17,21,23-24,26-27,29,33,38,70H,6-8,10,12-14,16,18-20,22,25,28,30-32,34-37,39-69H2,1-5H3/b11-9-,17-15-,23-21-,26-24-,29-27-,38-33-. The minimum atomic E-state index is -4.64. The molecule has 0 amide bonds. The highest BCUT2D eigenvalue weighted by molar-refractivity contribution is 7.45. The molecule has 0 aliphatic heterocycles. The lowest BCUT2D eigenvalue weighted by atomic mass is 10.0. The summed E-state index contributed by atoms with van der Waals surface area (Å²) in [5.74, 6) is -0.825. The summed E-state index contributed by atoms with van der Waals surface area (Å²) in [6, 6.07) is 0. The highest BCUT2D eigenvalue weighted by atomic mass is 31.2. The van der Waals surface area contributed by atoms with E-state index in [1.807, 2.05) is 21.1 Å². The van der Waals surface area contributed by atoms with E-state index in [0.717, 1.165) is 77.0 Å². The van der Waals surface area contributed by atoms with Gasteiger partial charge in [-0.05, 0) is 83.5 Å². The molecule has 0 radical (unpaired) electrons. The van der Waals surface area contributed by atoms with Crippen molar-refractivity contribution in [3.05, 3.63) is 72.9 Å². The third-order valence-corrected chi connectivity index (χ3v) is 16.2. The minimum Gasteiger partial charge on any atom is -0.756 e.